The van der Waals surface area contributed by atoms with Crippen molar-refractivity contribution < 1.29 is 9.18 Å². The fourth-order valence-corrected chi connectivity index (χ4v) is 3.18. The SMILES string of the molecule is Cc1ccnc(SCC(=O)N2CC[C@@H]2c2ccc(F)cc2)n1. The van der Waals surface area contributed by atoms with Gasteiger partial charge >= 0.3 is 0 Å². The van der Waals surface area contributed by atoms with E-state index in [0.717, 1.165) is 24.2 Å². The highest BCUT2D eigenvalue weighted by Crippen LogP contribution is 2.34. The number of amides is 1. The second kappa shape index (κ2) is 6.44. The molecule has 0 aliphatic carbocycles. The van der Waals surface area contributed by atoms with Crippen molar-refractivity contribution in [3.63, 3.8) is 0 Å². The number of hydrogen-bond donors (Lipinski definition) is 0. The molecule has 0 radical (unpaired) electrons. The first-order chi connectivity index (χ1) is 10.6. The monoisotopic (exact) mass is 317 g/mol. The Labute approximate surface area is 132 Å². The number of halogens is 1. The molecule has 0 unspecified atom stereocenters. The van der Waals surface area contributed by atoms with Gasteiger partial charge in [-0.05, 0) is 37.1 Å². The molecule has 1 aromatic heterocycles. The Morgan fingerprint density at radius 2 is 2.14 bits per heavy atom. The van der Waals surface area contributed by atoms with Gasteiger partial charge in [0.25, 0.3) is 0 Å². The zero-order chi connectivity index (χ0) is 15.5. The minimum absolute atomic E-state index is 0.0622. The van der Waals surface area contributed by atoms with Gasteiger partial charge < -0.3 is 4.90 Å². The highest BCUT2D eigenvalue weighted by atomic mass is 32.2. The summed E-state index contributed by atoms with van der Waals surface area (Å²) in [6, 6.07) is 8.25. The average molecular weight is 317 g/mol. The van der Waals surface area contributed by atoms with Crippen LogP contribution in [0.2, 0.25) is 0 Å². The predicted octanol–water partition coefficient (Wildman–Crippen LogP) is 2.99. The number of nitrogens with zero attached hydrogens (tertiary/aromatic N) is 3. The summed E-state index contributed by atoms with van der Waals surface area (Å²) in [5, 5.41) is 0.618. The van der Waals surface area contributed by atoms with Crippen LogP contribution in [0.25, 0.3) is 0 Å². The molecule has 1 saturated heterocycles. The van der Waals surface area contributed by atoms with Crippen LogP contribution < -0.4 is 0 Å². The number of aryl methyl sites for hydroxylation is 1. The molecule has 1 aromatic carbocycles. The van der Waals surface area contributed by atoms with Crippen LogP contribution in [0.5, 0.6) is 0 Å². The molecule has 2 heterocycles. The van der Waals surface area contributed by atoms with Gasteiger partial charge in [0.1, 0.15) is 5.82 Å². The van der Waals surface area contributed by atoms with Crippen LogP contribution in [0.1, 0.15) is 23.7 Å². The van der Waals surface area contributed by atoms with E-state index in [1.54, 1.807) is 18.3 Å². The zero-order valence-corrected chi connectivity index (χ0v) is 13.0. The lowest BCUT2D eigenvalue weighted by Gasteiger charge is -2.41. The number of benzene rings is 1. The lowest BCUT2D eigenvalue weighted by molar-refractivity contribution is -0.136. The van der Waals surface area contributed by atoms with E-state index in [1.165, 1.54) is 23.9 Å². The zero-order valence-electron chi connectivity index (χ0n) is 12.2. The molecule has 1 atom stereocenters. The van der Waals surface area contributed by atoms with Crippen molar-refractivity contribution in [2.45, 2.75) is 24.5 Å². The lowest BCUT2D eigenvalue weighted by atomic mass is 9.95. The Morgan fingerprint density at radius 3 is 2.77 bits per heavy atom. The maximum atomic E-state index is 13.0. The second-order valence-electron chi connectivity index (χ2n) is 5.21. The van der Waals surface area contributed by atoms with Gasteiger partial charge in [0.15, 0.2) is 5.16 Å². The fraction of sp³-hybridized carbons (Fsp3) is 0.312. The third-order valence-corrected chi connectivity index (χ3v) is 4.54. The molecular formula is C16H16FN3OS. The minimum Gasteiger partial charge on any atom is -0.335 e. The van der Waals surface area contributed by atoms with Gasteiger partial charge in [-0.3, -0.25) is 4.79 Å². The summed E-state index contributed by atoms with van der Waals surface area (Å²) in [5.41, 5.74) is 1.87. The van der Waals surface area contributed by atoms with Crippen molar-refractivity contribution in [2.75, 3.05) is 12.3 Å². The van der Waals surface area contributed by atoms with Crippen molar-refractivity contribution in [1.82, 2.24) is 14.9 Å². The summed E-state index contributed by atoms with van der Waals surface area (Å²) in [4.78, 5) is 22.6. The Hall–Kier alpha value is -1.95. The van der Waals surface area contributed by atoms with Gasteiger partial charge in [-0.25, -0.2) is 14.4 Å². The van der Waals surface area contributed by atoms with Crippen LogP contribution >= 0.6 is 11.8 Å². The summed E-state index contributed by atoms with van der Waals surface area (Å²) < 4.78 is 13.0. The third kappa shape index (κ3) is 3.27. The third-order valence-electron chi connectivity index (χ3n) is 3.69. The Bertz CT molecular complexity index is 677. The van der Waals surface area contributed by atoms with Crippen LogP contribution in [-0.4, -0.2) is 33.1 Å². The van der Waals surface area contributed by atoms with E-state index in [2.05, 4.69) is 9.97 Å². The van der Waals surface area contributed by atoms with Crippen LogP contribution in [0, 0.1) is 12.7 Å². The molecule has 1 aliphatic rings. The number of rotatable bonds is 4. The van der Waals surface area contributed by atoms with Crippen molar-refractivity contribution in [2.24, 2.45) is 0 Å². The van der Waals surface area contributed by atoms with Gasteiger partial charge in [0.2, 0.25) is 5.91 Å². The molecule has 4 nitrogen and oxygen atoms in total. The largest absolute Gasteiger partial charge is 0.335 e. The molecule has 0 bridgehead atoms. The minimum atomic E-state index is -0.256. The van der Waals surface area contributed by atoms with Gasteiger partial charge in [0.05, 0.1) is 11.8 Å². The Balaban J connectivity index is 1.59. The first kappa shape index (κ1) is 15.0. The maximum absolute atomic E-state index is 13.0. The van der Waals surface area contributed by atoms with Crippen molar-refractivity contribution in [1.29, 1.82) is 0 Å². The van der Waals surface area contributed by atoms with Crippen LogP contribution in [-0.2, 0) is 4.79 Å². The molecular weight excluding hydrogens is 301 g/mol. The molecule has 114 valence electrons. The molecule has 1 fully saturated rings. The number of hydrogen-bond acceptors (Lipinski definition) is 4. The summed E-state index contributed by atoms with van der Waals surface area (Å²) in [7, 11) is 0. The van der Waals surface area contributed by atoms with E-state index in [4.69, 9.17) is 0 Å². The summed E-state index contributed by atoms with van der Waals surface area (Å²) >= 11 is 1.35. The fourth-order valence-electron chi connectivity index (χ4n) is 2.42. The molecule has 3 rings (SSSR count). The molecule has 0 spiro atoms. The predicted molar refractivity (Wildman–Crippen MR) is 83.0 cm³/mol. The average Bonchev–Trinajstić information content (AvgIpc) is 2.46. The van der Waals surface area contributed by atoms with E-state index >= 15 is 0 Å². The number of likely N-dealkylation sites (tertiary alicyclic amines) is 1. The topological polar surface area (TPSA) is 46.1 Å². The Morgan fingerprint density at radius 1 is 1.36 bits per heavy atom. The maximum Gasteiger partial charge on any atom is 0.233 e. The second-order valence-corrected chi connectivity index (χ2v) is 6.15. The molecule has 2 aromatic rings. The highest BCUT2D eigenvalue weighted by Gasteiger charge is 2.33. The Kier molecular flexibility index (Phi) is 4.38. The molecule has 0 N–H and O–H groups in total. The summed E-state index contributed by atoms with van der Waals surface area (Å²) in [5.74, 6) is 0.130. The van der Waals surface area contributed by atoms with Crippen LogP contribution in [0.15, 0.2) is 41.7 Å². The van der Waals surface area contributed by atoms with Gasteiger partial charge in [-0.2, -0.15) is 0 Å². The molecule has 6 heteroatoms. The van der Waals surface area contributed by atoms with E-state index in [9.17, 15) is 9.18 Å². The number of carbonyl (C=O) groups excluding carboxylic acids is 1. The normalized spacial score (nSPS) is 17.2. The smallest absolute Gasteiger partial charge is 0.233 e. The number of aromatic nitrogens is 2. The van der Waals surface area contributed by atoms with Crippen LogP contribution in [0.4, 0.5) is 4.39 Å². The quantitative estimate of drug-likeness (QED) is 0.642. The number of carbonyl (C=O) groups is 1. The first-order valence-electron chi connectivity index (χ1n) is 7.11. The molecule has 1 amide bonds. The summed E-state index contributed by atoms with van der Waals surface area (Å²) in [6.07, 6.45) is 2.61. The molecule has 22 heavy (non-hydrogen) atoms. The van der Waals surface area contributed by atoms with Crippen LogP contribution in [0.3, 0.4) is 0 Å². The van der Waals surface area contributed by atoms with E-state index in [0.29, 0.717) is 10.9 Å². The van der Waals surface area contributed by atoms with Gasteiger partial charge in [0, 0.05) is 18.4 Å². The first-order valence-corrected chi connectivity index (χ1v) is 8.09. The van der Waals surface area contributed by atoms with E-state index in [-0.39, 0.29) is 17.8 Å². The van der Waals surface area contributed by atoms with Gasteiger partial charge in [-0.1, -0.05) is 23.9 Å². The van der Waals surface area contributed by atoms with Gasteiger partial charge in [-0.15, -0.1) is 0 Å². The van der Waals surface area contributed by atoms with E-state index < -0.39 is 0 Å². The lowest BCUT2D eigenvalue weighted by Crippen LogP contribution is -2.46. The van der Waals surface area contributed by atoms with Crippen molar-refractivity contribution in [3.8, 4) is 0 Å². The molecule has 1 aliphatic heterocycles. The summed E-state index contributed by atoms with van der Waals surface area (Å²) in [6.45, 7) is 2.64. The van der Waals surface area contributed by atoms with Crippen molar-refractivity contribution in [3.05, 3.63) is 53.6 Å². The standard InChI is InChI=1S/C16H16FN3OS/c1-11-6-8-18-16(19-11)22-10-15(21)20-9-7-14(20)12-2-4-13(17)5-3-12/h2-6,8,14H,7,9-10H2,1H3/t14-/m1/s1. The van der Waals surface area contributed by atoms with E-state index in [1.807, 2.05) is 17.9 Å². The highest BCUT2D eigenvalue weighted by molar-refractivity contribution is 7.99. The van der Waals surface area contributed by atoms with Crippen molar-refractivity contribution >= 4 is 17.7 Å². The molecule has 0 saturated carbocycles. The number of thioether (sulfide) groups is 1.